The molecule has 23 heavy (non-hydrogen) atoms. The molecular formula is C18H21NO4. The quantitative estimate of drug-likeness (QED) is 0.796. The Balaban J connectivity index is 2.39. The van der Waals surface area contributed by atoms with E-state index in [1.165, 1.54) is 14.2 Å². The highest BCUT2D eigenvalue weighted by molar-refractivity contribution is 5.77. The molecule has 0 saturated carbocycles. The number of para-hydroxylation sites is 2. The van der Waals surface area contributed by atoms with Crippen LogP contribution in [0.15, 0.2) is 54.6 Å². The fraction of sp³-hybridized carbons (Fsp3) is 0.278. The number of hydrogen-bond acceptors (Lipinski definition) is 5. The average molecular weight is 315 g/mol. The molecule has 0 fully saturated rings. The molecule has 2 aromatic carbocycles. The summed E-state index contributed by atoms with van der Waals surface area (Å²) in [5.74, 6) is 0.247. The lowest BCUT2D eigenvalue weighted by molar-refractivity contribution is -0.153. The van der Waals surface area contributed by atoms with Gasteiger partial charge in [0, 0.05) is 7.11 Å². The summed E-state index contributed by atoms with van der Waals surface area (Å²) in [5, 5.41) is 3.33. The second-order valence-electron chi connectivity index (χ2n) is 4.91. The Bertz CT molecular complexity index is 630. The van der Waals surface area contributed by atoms with Crippen molar-refractivity contribution in [1.82, 2.24) is 0 Å². The molecule has 0 amide bonds. The molecular weight excluding hydrogens is 294 g/mol. The Morgan fingerprint density at radius 3 is 2.22 bits per heavy atom. The molecule has 5 nitrogen and oxygen atoms in total. The topological polar surface area (TPSA) is 56.8 Å². The van der Waals surface area contributed by atoms with Crippen molar-refractivity contribution in [2.24, 2.45) is 0 Å². The van der Waals surface area contributed by atoms with Crippen molar-refractivity contribution in [3.8, 4) is 5.75 Å². The molecule has 0 aliphatic rings. The van der Waals surface area contributed by atoms with Gasteiger partial charge in [-0.15, -0.1) is 0 Å². The molecule has 0 saturated heterocycles. The minimum atomic E-state index is -0.785. The van der Waals surface area contributed by atoms with E-state index in [4.69, 9.17) is 14.2 Å². The van der Waals surface area contributed by atoms with E-state index in [-0.39, 0.29) is 0 Å². The van der Waals surface area contributed by atoms with Gasteiger partial charge in [0.1, 0.15) is 5.75 Å². The maximum Gasteiger partial charge on any atom is 0.337 e. The van der Waals surface area contributed by atoms with Crippen LogP contribution < -0.4 is 10.1 Å². The monoisotopic (exact) mass is 315 g/mol. The standard InChI is InChI=1S/C18H21NO4/c1-21-15-12-8-7-11-14(15)19-16(13-9-5-4-6-10-13)17(22-2)18(20)23-3/h4-12,16-17,19H,1-3H3/t16-,17-/m0/s1. The van der Waals surface area contributed by atoms with Crippen molar-refractivity contribution in [2.75, 3.05) is 26.6 Å². The highest BCUT2D eigenvalue weighted by atomic mass is 16.6. The number of carbonyl (C=O) groups excluding carboxylic acids is 1. The highest BCUT2D eigenvalue weighted by Gasteiger charge is 2.31. The van der Waals surface area contributed by atoms with Gasteiger partial charge in [0.2, 0.25) is 0 Å². The van der Waals surface area contributed by atoms with Gasteiger partial charge < -0.3 is 19.5 Å². The minimum Gasteiger partial charge on any atom is -0.495 e. The second-order valence-corrected chi connectivity index (χ2v) is 4.91. The van der Waals surface area contributed by atoms with Gasteiger partial charge in [-0.2, -0.15) is 0 Å². The van der Waals surface area contributed by atoms with Gasteiger partial charge in [-0.25, -0.2) is 4.79 Å². The van der Waals surface area contributed by atoms with E-state index in [0.717, 1.165) is 11.3 Å². The molecule has 0 spiro atoms. The summed E-state index contributed by atoms with van der Waals surface area (Å²) >= 11 is 0. The van der Waals surface area contributed by atoms with Crippen LogP contribution in [0.1, 0.15) is 11.6 Å². The maximum atomic E-state index is 12.1. The predicted molar refractivity (Wildman–Crippen MR) is 88.6 cm³/mol. The van der Waals surface area contributed by atoms with E-state index >= 15 is 0 Å². The van der Waals surface area contributed by atoms with Crippen molar-refractivity contribution >= 4 is 11.7 Å². The SMILES string of the molecule is COC(=O)[C@@H](OC)[C@@H](Nc1ccccc1OC)c1ccccc1. The molecule has 5 heteroatoms. The first kappa shape index (κ1) is 16.8. The van der Waals surface area contributed by atoms with Crippen molar-refractivity contribution in [1.29, 1.82) is 0 Å². The molecule has 0 bridgehead atoms. The Morgan fingerprint density at radius 2 is 1.61 bits per heavy atom. The summed E-state index contributed by atoms with van der Waals surface area (Å²) in [7, 11) is 4.44. The number of ether oxygens (including phenoxy) is 3. The summed E-state index contributed by atoms with van der Waals surface area (Å²) in [5.41, 5.74) is 1.69. The molecule has 0 unspecified atom stereocenters. The summed E-state index contributed by atoms with van der Waals surface area (Å²) in [4.78, 5) is 12.1. The van der Waals surface area contributed by atoms with E-state index < -0.39 is 18.1 Å². The Morgan fingerprint density at radius 1 is 0.957 bits per heavy atom. The van der Waals surface area contributed by atoms with Crippen LogP contribution in [0.25, 0.3) is 0 Å². The molecule has 0 aliphatic heterocycles. The molecule has 0 radical (unpaired) electrons. The summed E-state index contributed by atoms with van der Waals surface area (Å²) in [6.07, 6.45) is -0.785. The summed E-state index contributed by atoms with van der Waals surface area (Å²) in [6.45, 7) is 0. The second kappa shape index (κ2) is 8.19. The van der Waals surface area contributed by atoms with Crippen LogP contribution in [0, 0.1) is 0 Å². The van der Waals surface area contributed by atoms with Crippen molar-refractivity contribution in [3.63, 3.8) is 0 Å². The minimum absolute atomic E-state index is 0.412. The number of rotatable bonds is 7. The number of esters is 1. The Hall–Kier alpha value is -2.53. The normalized spacial score (nSPS) is 13.0. The van der Waals surface area contributed by atoms with Gasteiger partial charge in [-0.3, -0.25) is 0 Å². The zero-order valence-corrected chi connectivity index (χ0v) is 13.5. The fourth-order valence-corrected chi connectivity index (χ4v) is 2.41. The lowest BCUT2D eigenvalue weighted by atomic mass is 10.0. The van der Waals surface area contributed by atoms with Crippen LogP contribution in [0.3, 0.4) is 0 Å². The van der Waals surface area contributed by atoms with Gasteiger partial charge >= 0.3 is 5.97 Å². The third kappa shape index (κ3) is 4.02. The number of nitrogens with one attached hydrogen (secondary N) is 1. The molecule has 0 aliphatic carbocycles. The van der Waals surface area contributed by atoms with Gasteiger partial charge in [0.05, 0.1) is 25.9 Å². The van der Waals surface area contributed by atoms with Gasteiger partial charge in [-0.1, -0.05) is 42.5 Å². The summed E-state index contributed by atoms with van der Waals surface area (Å²) < 4.78 is 15.6. The van der Waals surface area contributed by atoms with Crippen LogP contribution in [-0.4, -0.2) is 33.4 Å². The van der Waals surface area contributed by atoms with Gasteiger partial charge in [-0.05, 0) is 17.7 Å². The van der Waals surface area contributed by atoms with Crippen molar-refractivity contribution in [3.05, 3.63) is 60.2 Å². The number of methoxy groups -OCH3 is 3. The predicted octanol–water partition coefficient (Wildman–Crippen LogP) is 3.04. The summed E-state index contributed by atoms with van der Waals surface area (Å²) in [6, 6.07) is 16.7. The van der Waals surface area contributed by atoms with E-state index in [0.29, 0.717) is 5.75 Å². The smallest absolute Gasteiger partial charge is 0.337 e. The molecule has 2 aromatic rings. The largest absolute Gasteiger partial charge is 0.495 e. The number of hydrogen-bond donors (Lipinski definition) is 1. The third-order valence-electron chi connectivity index (χ3n) is 3.57. The first-order valence-electron chi connectivity index (χ1n) is 7.26. The molecule has 0 heterocycles. The zero-order chi connectivity index (χ0) is 16.7. The number of carbonyl (C=O) groups is 1. The number of benzene rings is 2. The van der Waals surface area contributed by atoms with E-state index in [1.807, 2.05) is 54.6 Å². The van der Waals surface area contributed by atoms with Crippen molar-refractivity contribution < 1.29 is 19.0 Å². The van der Waals surface area contributed by atoms with Crippen LogP contribution >= 0.6 is 0 Å². The molecule has 1 N–H and O–H groups in total. The highest BCUT2D eigenvalue weighted by Crippen LogP contribution is 2.30. The van der Waals surface area contributed by atoms with Crippen LogP contribution in [-0.2, 0) is 14.3 Å². The van der Waals surface area contributed by atoms with Gasteiger partial charge in [0.15, 0.2) is 6.10 Å². The molecule has 2 atom stereocenters. The van der Waals surface area contributed by atoms with Gasteiger partial charge in [0.25, 0.3) is 0 Å². The number of anilines is 1. The Labute approximate surface area is 136 Å². The molecule has 2 rings (SSSR count). The van der Waals surface area contributed by atoms with E-state index in [2.05, 4.69) is 5.32 Å². The first-order valence-corrected chi connectivity index (χ1v) is 7.26. The maximum absolute atomic E-state index is 12.1. The van der Waals surface area contributed by atoms with Crippen LogP contribution in [0.2, 0.25) is 0 Å². The lowest BCUT2D eigenvalue weighted by Crippen LogP contribution is -2.35. The molecule has 122 valence electrons. The third-order valence-corrected chi connectivity index (χ3v) is 3.57. The Kier molecular flexibility index (Phi) is 6.00. The van der Waals surface area contributed by atoms with Crippen LogP contribution in [0.5, 0.6) is 5.75 Å². The fourth-order valence-electron chi connectivity index (χ4n) is 2.41. The molecule has 0 aromatic heterocycles. The van der Waals surface area contributed by atoms with E-state index in [9.17, 15) is 4.79 Å². The zero-order valence-electron chi connectivity index (χ0n) is 13.5. The first-order chi connectivity index (χ1) is 11.2. The van der Waals surface area contributed by atoms with Crippen molar-refractivity contribution in [2.45, 2.75) is 12.1 Å². The lowest BCUT2D eigenvalue weighted by Gasteiger charge is -2.27. The van der Waals surface area contributed by atoms with E-state index in [1.54, 1.807) is 7.11 Å². The van der Waals surface area contributed by atoms with Crippen LogP contribution in [0.4, 0.5) is 5.69 Å². The average Bonchev–Trinajstić information content (AvgIpc) is 2.62.